The molecule has 0 saturated carbocycles. The lowest BCUT2D eigenvalue weighted by molar-refractivity contribution is 0.284. The molecule has 3 aromatic rings. The Kier molecular flexibility index (Phi) is 2.69. The lowest BCUT2D eigenvalue weighted by Gasteiger charge is -1.93. The predicted molar refractivity (Wildman–Crippen MR) is 74.7 cm³/mol. The van der Waals surface area contributed by atoms with Crippen LogP contribution in [0.15, 0.2) is 30.5 Å². The van der Waals surface area contributed by atoms with Gasteiger partial charge in [0.1, 0.15) is 5.01 Å². The zero-order valence-electron chi connectivity index (χ0n) is 10.3. The van der Waals surface area contributed by atoms with Gasteiger partial charge in [0.2, 0.25) is 0 Å². The highest BCUT2D eigenvalue weighted by atomic mass is 32.1. The Labute approximate surface area is 109 Å². The van der Waals surface area contributed by atoms with Crippen LogP contribution in [0.25, 0.3) is 21.5 Å². The Hall–Kier alpha value is -1.65. The molecule has 0 radical (unpaired) electrons. The number of para-hydroxylation sites is 1. The molecule has 2 heterocycles. The van der Waals surface area contributed by atoms with E-state index >= 15 is 0 Å². The molecule has 0 aliphatic rings. The molecule has 0 amide bonds. The van der Waals surface area contributed by atoms with E-state index in [9.17, 15) is 5.11 Å². The van der Waals surface area contributed by atoms with Crippen molar-refractivity contribution in [2.75, 3.05) is 0 Å². The number of nitrogens with zero attached hydrogens (tertiary/aromatic N) is 2. The van der Waals surface area contributed by atoms with Crippen molar-refractivity contribution in [3.8, 4) is 10.6 Å². The SMILES string of the molecule is Cc1nc(-c2cn(C)c3ccccc23)sc1CO. The molecule has 0 bridgehead atoms. The number of aromatic nitrogens is 2. The zero-order valence-corrected chi connectivity index (χ0v) is 11.2. The van der Waals surface area contributed by atoms with Gasteiger partial charge in [0.05, 0.1) is 17.2 Å². The largest absolute Gasteiger partial charge is 0.391 e. The van der Waals surface area contributed by atoms with Crippen molar-refractivity contribution in [3.63, 3.8) is 0 Å². The highest BCUT2D eigenvalue weighted by Crippen LogP contribution is 2.34. The van der Waals surface area contributed by atoms with Crippen molar-refractivity contribution < 1.29 is 5.11 Å². The lowest BCUT2D eigenvalue weighted by atomic mass is 10.2. The maximum Gasteiger partial charge on any atom is 0.126 e. The Balaban J connectivity index is 2.25. The number of aliphatic hydroxyl groups excluding tert-OH is 1. The normalized spacial score (nSPS) is 11.3. The van der Waals surface area contributed by atoms with Gasteiger partial charge in [-0.3, -0.25) is 0 Å². The molecule has 0 aliphatic heterocycles. The van der Waals surface area contributed by atoms with Crippen LogP contribution < -0.4 is 0 Å². The number of aryl methyl sites for hydroxylation is 2. The molecule has 1 aromatic carbocycles. The van der Waals surface area contributed by atoms with E-state index in [0.717, 1.165) is 21.1 Å². The first-order valence-electron chi connectivity index (χ1n) is 5.82. The van der Waals surface area contributed by atoms with Crippen molar-refractivity contribution in [2.24, 2.45) is 7.05 Å². The van der Waals surface area contributed by atoms with Crippen molar-refractivity contribution in [1.29, 1.82) is 0 Å². The van der Waals surface area contributed by atoms with Gasteiger partial charge < -0.3 is 9.67 Å². The maximum atomic E-state index is 9.26. The second kappa shape index (κ2) is 4.23. The molecular formula is C14H14N2OS. The minimum Gasteiger partial charge on any atom is -0.391 e. The molecule has 3 rings (SSSR count). The Morgan fingerprint density at radius 1 is 1.33 bits per heavy atom. The number of fused-ring (bicyclic) bond motifs is 1. The molecule has 0 spiro atoms. The van der Waals surface area contributed by atoms with Crippen LogP contribution in [-0.2, 0) is 13.7 Å². The highest BCUT2D eigenvalue weighted by molar-refractivity contribution is 7.15. The van der Waals surface area contributed by atoms with E-state index in [-0.39, 0.29) is 6.61 Å². The Morgan fingerprint density at radius 3 is 2.83 bits per heavy atom. The summed E-state index contributed by atoms with van der Waals surface area (Å²) in [7, 11) is 2.04. The summed E-state index contributed by atoms with van der Waals surface area (Å²) in [5, 5.41) is 11.4. The van der Waals surface area contributed by atoms with Crippen LogP contribution in [-0.4, -0.2) is 14.7 Å². The van der Waals surface area contributed by atoms with Gasteiger partial charge in [0.25, 0.3) is 0 Å². The van der Waals surface area contributed by atoms with E-state index in [1.807, 2.05) is 26.1 Å². The molecule has 0 saturated heterocycles. The van der Waals surface area contributed by atoms with Gasteiger partial charge >= 0.3 is 0 Å². The van der Waals surface area contributed by atoms with Gasteiger partial charge in [-0.1, -0.05) is 18.2 Å². The van der Waals surface area contributed by atoms with Crippen LogP contribution in [0.3, 0.4) is 0 Å². The van der Waals surface area contributed by atoms with Crippen molar-refractivity contribution in [2.45, 2.75) is 13.5 Å². The topological polar surface area (TPSA) is 38.0 Å². The summed E-state index contributed by atoms with van der Waals surface area (Å²) < 4.78 is 2.11. The van der Waals surface area contributed by atoms with Crippen molar-refractivity contribution in [1.82, 2.24) is 9.55 Å². The third-order valence-corrected chi connectivity index (χ3v) is 4.34. The lowest BCUT2D eigenvalue weighted by Crippen LogP contribution is -1.81. The third kappa shape index (κ3) is 1.65. The Morgan fingerprint density at radius 2 is 2.11 bits per heavy atom. The summed E-state index contributed by atoms with van der Waals surface area (Å²) in [6.07, 6.45) is 2.10. The number of rotatable bonds is 2. The molecule has 0 unspecified atom stereocenters. The van der Waals surface area contributed by atoms with Crippen LogP contribution in [0.1, 0.15) is 10.6 Å². The van der Waals surface area contributed by atoms with Gasteiger partial charge in [-0.25, -0.2) is 4.98 Å². The molecule has 0 fully saturated rings. The number of benzene rings is 1. The van der Waals surface area contributed by atoms with Crippen molar-refractivity contribution in [3.05, 3.63) is 41.0 Å². The van der Waals surface area contributed by atoms with Gasteiger partial charge in [0, 0.05) is 29.7 Å². The van der Waals surface area contributed by atoms with E-state index in [1.165, 1.54) is 10.9 Å². The highest BCUT2D eigenvalue weighted by Gasteiger charge is 2.13. The van der Waals surface area contributed by atoms with Gasteiger partial charge in [-0.2, -0.15) is 0 Å². The Bertz CT molecular complexity index is 712. The third-order valence-electron chi connectivity index (χ3n) is 3.16. The number of aliphatic hydroxyl groups is 1. The van der Waals surface area contributed by atoms with Crippen LogP contribution in [0, 0.1) is 6.92 Å². The fraction of sp³-hybridized carbons (Fsp3) is 0.214. The fourth-order valence-electron chi connectivity index (χ4n) is 2.20. The first-order valence-corrected chi connectivity index (χ1v) is 6.64. The first kappa shape index (κ1) is 11.4. The average Bonchev–Trinajstić information content (AvgIpc) is 2.91. The molecular weight excluding hydrogens is 244 g/mol. The summed E-state index contributed by atoms with van der Waals surface area (Å²) >= 11 is 1.57. The standard InChI is InChI=1S/C14H14N2OS/c1-9-13(8-17)18-14(15-9)11-7-16(2)12-6-4-3-5-10(11)12/h3-7,17H,8H2,1-2H3. The van der Waals surface area contributed by atoms with E-state index in [2.05, 4.69) is 27.9 Å². The second-order valence-electron chi connectivity index (χ2n) is 4.36. The quantitative estimate of drug-likeness (QED) is 0.767. The number of hydrogen-bond donors (Lipinski definition) is 1. The summed E-state index contributed by atoms with van der Waals surface area (Å²) in [5.74, 6) is 0. The van der Waals surface area contributed by atoms with Crippen LogP contribution >= 0.6 is 11.3 Å². The molecule has 4 heteroatoms. The average molecular weight is 258 g/mol. The van der Waals surface area contributed by atoms with Gasteiger partial charge in [-0.15, -0.1) is 11.3 Å². The smallest absolute Gasteiger partial charge is 0.126 e. The summed E-state index contributed by atoms with van der Waals surface area (Å²) in [6, 6.07) is 8.30. The maximum absolute atomic E-state index is 9.26. The summed E-state index contributed by atoms with van der Waals surface area (Å²) in [6.45, 7) is 2.00. The van der Waals surface area contributed by atoms with E-state index in [1.54, 1.807) is 11.3 Å². The zero-order chi connectivity index (χ0) is 12.7. The predicted octanol–water partition coefficient (Wildman–Crippen LogP) is 3.10. The van der Waals surface area contributed by atoms with Gasteiger partial charge in [0.15, 0.2) is 0 Å². The summed E-state index contributed by atoms with van der Waals surface area (Å²) in [4.78, 5) is 5.50. The molecule has 2 aromatic heterocycles. The number of thiazole rings is 1. The monoisotopic (exact) mass is 258 g/mol. The molecule has 3 nitrogen and oxygen atoms in total. The van der Waals surface area contributed by atoms with E-state index in [0.29, 0.717) is 0 Å². The van der Waals surface area contributed by atoms with Crippen LogP contribution in [0.5, 0.6) is 0 Å². The molecule has 92 valence electrons. The minimum atomic E-state index is 0.0638. The molecule has 0 aliphatic carbocycles. The number of hydrogen-bond acceptors (Lipinski definition) is 3. The summed E-state index contributed by atoms with van der Waals surface area (Å²) in [5.41, 5.74) is 3.26. The second-order valence-corrected chi connectivity index (χ2v) is 5.44. The van der Waals surface area contributed by atoms with E-state index < -0.39 is 0 Å². The van der Waals surface area contributed by atoms with Crippen LogP contribution in [0.4, 0.5) is 0 Å². The fourth-order valence-corrected chi connectivity index (χ4v) is 3.15. The van der Waals surface area contributed by atoms with Crippen molar-refractivity contribution >= 4 is 22.2 Å². The van der Waals surface area contributed by atoms with Crippen LogP contribution in [0.2, 0.25) is 0 Å². The first-order chi connectivity index (χ1) is 8.70. The molecule has 18 heavy (non-hydrogen) atoms. The van der Waals surface area contributed by atoms with E-state index in [4.69, 9.17) is 0 Å². The molecule has 0 atom stereocenters. The molecule has 1 N–H and O–H groups in total. The minimum absolute atomic E-state index is 0.0638. The van der Waals surface area contributed by atoms with Gasteiger partial charge in [-0.05, 0) is 13.0 Å².